The molecule has 1 aliphatic heterocycles. The fraction of sp³-hybridized carbons (Fsp3) is 0.348. The lowest BCUT2D eigenvalue weighted by Crippen LogP contribution is -2.37. The summed E-state index contributed by atoms with van der Waals surface area (Å²) < 4.78 is 0. The second-order valence-electron chi connectivity index (χ2n) is 8.10. The van der Waals surface area contributed by atoms with Gasteiger partial charge in [0.25, 0.3) is 0 Å². The van der Waals surface area contributed by atoms with Crippen LogP contribution in [0.2, 0.25) is 0 Å². The van der Waals surface area contributed by atoms with E-state index in [2.05, 4.69) is 12.1 Å². The van der Waals surface area contributed by atoms with Crippen molar-refractivity contribution in [2.75, 3.05) is 0 Å². The molecule has 27 heavy (non-hydrogen) atoms. The molecule has 1 aliphatic carbocycles. The first-order valence-corrected chi connectivity index (χ1v) is 9.32. The monoisotopic (exact) mass is 358 g/mol. The molecule has 1 atom stereocenters. The van der Waals surface area contributed by atoms with Crippen LogP contribution in [0.15, 0.2) is 48.5 Å². The van der Waals surface area contributed by atoms with Crippen molar-refractivity contribution in [1.82, 2.24) is 4.90 Å². The zero-order valence-electron chi connectivity index (χ0n) is 15.7. The number of amides is 2. The van der Waals surface area contributed by atoms with Gasteiger partial charge >= 0.3 is 0 Å². The first kappa shape index (κ1) is 17.5. The smallest absolute Gasteiger partial charge is 0.240 e. The van der Waals surface area contributed by atoms with Gasteiger partial charge in [0, 0.05) is 6.42 Å². The number of carbonyl (C=O) groups excluding carboxylic acids is 2. The molecule has 0 radical (unpaired) electrons. The minimum absolute atomic E-state index is 0.0954. The van der Waals surface area contributed by atoms with Crippen LogP contribution < -0.4 is 0 Å². The third kappa shape index (κ3) is 2.57. The molecule has 4 heteroatoms. The van der Waals surface area contributed by atoms with Gasteiger partial charge in [0.05, 0.1) is 23.4 Å². The van der Waals surface area contributed by atoms with Gasteiger partial charge in [-0.25, -0.2) is 0 Å². The molecule has 2 aliphatic rings. The number of hydrogen-bond donors (Lipinski definition) is 0. The number of hydrogen-bond acceptors (Lipinski definition) is 3. The zero-order chi connectivity index (χ0) is 19.2. The van der Waals surface area contributed by atoms with Crippen LogP contribution in [0.25, 0.3) is 0 Å². The predicted octanol–water partition coefficient (Wildman–Crippen LogP) is 3.63. The van der Waals surface area contributed by atoms with Gasteiger partial charge in [-0.15, -0.1) is 0 Å². The number of rotatable bonds is 3. The van der Waals surface area contributed by atoms with Crippen LogP contribution in [0.4, 0.5) is 0 Å². The molecule has 0 saturated carbocycles. The molecule has 1 heterocycles. The van der Waals surface area contributed by atoms with Gasteiger partial charge in [-0.3, -0.25) is 14.5 Å². The normalized spacial score (nSPS) is 21.6. The van der Waals surface area contributed by atoms with E-state index in [1.165, 1.54) is 10.5 Å². The van der Waals surface area contributed by atoms with E-state index in [0.717, 1.165) is 23.1 Å². The summed E-state index contributed by atoms with van der Waals surface area (Å²) in [6, 6.07) is 17.9. The molecule has 4 nitrogen and oxygen atoms in total. The van der Waals surface area contributed by atoms with Crippen LogP contribution in [0.1, 0.15) is 48.9 Å². The van der Waals surface area contributed by atoms with Gasteiger partial charge in [0.15, 0.2) is 0 Å². The number of nitriles is 1. The number of imide groups is 1. The molecule has 2 aromatic rings. The summed E-state index contributed by atoms with van der Waals surface area (Å²) >= 11 is 0. The highest BCUT2D eigenvalue weighted by atomic mass is 16.2. The lowest BCUT2D eigenvalue weighted by molar-refractivity contribution is -0.140. The van der Waals surface area contributed by atoms with Gasteiger partial charge in [0.1, 0.15) is 0 Å². The average molecular weight is 358 g/mol. The van der Waals surface area contributed by atoms with E-state index >= 15 is 0 Å². The van der Waals surface area contributed by atoms with Crippen LogP contribution in [0, 0.1) is 11.3 Å². The fourth-order valence-electron chi connectivity index (χ4n) is 4.55. The van der Waals surface area contributed by atoms with Gasteiger partial charge in [0.2, 0.25) is 11.8 Å². The summed E-state index contributed by atoms with van der Waals surface area (Å²) in [6.45, 7) is 3.94. The third-order valence-electron chi connectivity index (χ3n) is 6.06. The molecule has 136 valence electrons. The lowest BCUT2D eigenvalue weighted by Gasteiger charge is -2.25. The summed E-state index contributed by atoms with van der Waals surface area (Å²) in [6.07, 6.45) is 1.77. The maximum atomic E-state index is 13.4. The van der Waals surface area contributed by atoms with Crippen molar-refractivity contribution in [3.05, 3.63) is 70.8 Å². The SMILES string of the molecule is CC(C)(C#N)c1ccccc1CN1C(=O)CC2(CCc3ccccc32)C1=O. The largest absolute Gasteiger partial charge is 0.277 e. The van der Waals surface area contributed by atoms with Crippen molar-refractivity contribution >= 4 is 11.8 Å². The van der Waals surface area contributed by atoms with Gasteiger partial charge in [-0.2, -0.15) is 5.26 Å². The Kier molecular flexibility index (Phi) is 3.92. The minimum atomic E-state index is -0.701. The molecule has 2 aromatic carbocycles. The second kappa shape index (κ2) is 6.06. The van der Waals surface area contributed by atoms with Crippen molar-refractivity contribution in [2.24, 2.45) is 0 Å². The summed E-state index contributed by atoms with van der Waals surface area (Å²) in [4.78, 5) is 27.6. The maximum absolute atomic E-state index is 13.4. The van der Waals surface area contributed by atoms with Crippen LogP contribution in [0.3, 0.4) is 0 Å². The Bertz CT molecular complexity index is 986. The number of likely N-dealkylation sites (tertiary alicyclic amines) is 1. The molecule has 1 spiro atoms. The molecule has 0 aromatic heterocycles. The highest BCUT2D eigenvalue weighted by Gasteiger charge is 2.55. The molecule has 1 saturated heterocycles. The Hall–Kier alpha value is -2.93. The van der Waals surface area contributed by atoms with E-state index in [1.54, 1.807) is 0 Å². The average Bonchev–Trinajstić information content (AvgIpc) is 3.16. The van der Waals surface area contributed by atoms with E-state index in [9.17, 15) is 14.9 Å². The van der Waals surface area contributed by atoms with Crippen molar-refractivity contribution in [2.45, 2.75) is 50.5 Å². The number of nitrogens with zero attached hydrogens (tertiary/aromatic N) is 2. The lowest BCUT2D eigenvalue weighted by atomic mass is 9.80. The fourth-order valence-corrected chi connectivity index (χ4v) is 4.55. The molecular weight excluding hydrogens is 336 g/mol. The van der Waals surface area contributed by atoms with E-state index in [-0.39, 0.29) is 24.8 Å². The predicted molar refractivity (Wildman–Crippen MR) is 102 cm³/mol. The Morgan fingerprint density at radius 3 is 2.59 bits per heavy atom. The topological polar surface area (TPSA) is 61.2 Å². The Morgan fingerprint density at radius 1 is 1.11 bits per heavy atom. The highest BCUT2D eigenvalue weighted by Crippen LogP contribution is 2.47. The molecule has 1 fully saturated rings. The van der Waals surface area contributed by atoms with Crippen LogP contribution in [0.5, 0.6) is 0 Å². The summed E-state index contributed by atoms with van der Waals surface area (Å²) in [5.41, 5.74) is 2.52. The molecular formula is C23H22N2O2. The Morgan fingerprint density at radius 2 is 1.81 bits per heavy atom. The van der Waals surface area contributed by atoms with Crippen LogP contribution >= 0.6 is 0 Å². The number of fused-ring (bicyclic) bond motifs is 2. The molecule has 1 unspecified atom stereocenters. The van der Waals surface area contributed by atoms with Gasteiger partial charge in [-0.1, -0.05) is 48.5 Å². The van der Waals surface area contributed by atoms with Gasteiger partial charge < -0.3 is 0 Å². The zero-order valence-corrected chi connectivity index (χ0v) is 15.7. The molecule has 4 rings (SSSR count). The quantitative estimate of drug-likeness (QED) is 0.787. The standard InChI is InChI=1S/C23H22N2O2/c1-22(2,15-24)18-9-5-4-8-17(18)14-25-20(26)13-23(21(25)27)12-11-16-7-3-6-10-19(16)23/h3-10H,11-14H2,1-2H3. The molecule has 2 amide bonds. The van der Waals surface area contributed by atoms with Crippen molar-refractivity contribution in [3.63, 3.8) is 0 Å². The highest BCUT2D eigenvalue weighted by molar-refractivity contribution is 6.09. The van der Waals surface area contributed by atoms with Crippen LogP contribution in [-0.2, 0) is 33.4 Å². The van der Waals surface area contributed by atoms with Gasteiger partial charge in [-0.05, 0) is 48.9 Å². The van der Waals surface area contributed by atoms with E-state index in [0.29, 0.717) is 6.42 Å². The van der Waals surface area contributed by atoms with E-state index < -0.39 is 10.8 Å². The molecule has 0 N–H and O–H groups in total. The number of aryl methyl sites for hydroxylation is 1. The third-order valence-corrected chi connectivity index (χ3v) is 6.06. The van der Waals surface area contributed by atoms with Crippen LogP contribution in [-0.4, -0.2) is 16.7 Å². The number of benzene rings is 2. The van der Waals surface area contributed by atoms with E-state index in [1.807, 2.05) is 56.3 Å². The Balaban J connectivity index is 1.70. The molecule has 0 bridgehead atoms. The second-order valence-corrected chi connectivity index (χ2v) is 8.10. The summed E-state index contributed by atoms with van der Waals surface area (Å²) in [5.74, 6) is -0.219. The summed E-state index contributed by atoms with van der Waals surface area (Å²) in [5, 5.41) is 9.52. The minimum Gasteiger partial charge on any atom is -0.277 e. The van der Waals surface area contributed by atoms with Crippen molar-refractivity contribution in [3.8, 4) is 6.07 Å². The first-order chi connectivity index (χ1) is 12.9. The first-order valence-electron chi connectivity index (χ1n) is 9.32. The van der Waals surface area contributed by atoms with Crippen molar-refractivity contribution < 1.29 is 9.59 Å². The summed E-state index contributed by atoms with van der Waals surface area (Å²) in [7, 11) is 0. The van der Waals surface area contributed by atoms with Crippen molar-refractivity contribution in [1.29, 1.82) is 5.26 Å². The Labute approximate surface area is 159 Å². The maximum Gasteiger partial charge on any atom is 0.240 e. The number of carbonyl (C=O) groups is 2. The van der Waals surface area contributed by atoms with E-state index in [4.69, 9.17) is 0 Å².